The van der Waals surface area contributed by atoms with Crippen molar-refractivity contribution in [2.24, 2.45) is 0 Å². The van der Waals surface area contributed by atoms with Crippen LogP contribution in [-0.2, 0) is 49.3 Å². The first-order valence-corrected chi connectivity index (χ1v) is 18.6. The highest BCUT2D eigenvalue weighted by atomic mass is 32.1. The van der Waals surface area contributed by atoms with Crippen LogP contribution < -0.4 is 0 Å². The lowest BCUT2D eigenvalue weighted by atomic mass is 9.90. The van der Waals surface area contributed by atoms with Gasteiger partial charge in [-0.3, -0.25) is 18.8 Å². The molecule has 296 valence electrons. The first-order chi connectivity index (χ1) is 28.7. The smallest absolute Gasteiger partial charge is 0.333 e. The van der Waals surface area contributed by atoms with Crippen LogP contribution in [0.5, 0.6) is 0 Å². The number of halogens is 1. The second-order valence-electron chi connectivity index (χ2n) is 13.3. The molecule has 1 heterocycles. The van der Waals surface area contributed by atoms with Crippen LogP contribution in [0, 0.1) is 17.6 Å². The number of imide groups is 1. The van der Waals surface area contributed by atoms with Crippen LogP contribution >= 0.6 is 0 Å². The van der Waals surface area contributed by atoms with Crippen molar-refractivity contribution >= 4 is 101 Å². The second kappa shape index (κ2) is 20.6. The summed E-state index contributed by atoms with van der Waals surface area (Å²) in [6.07, 6.45) is 9.13. The fourth-order valence-corrected chi connectivity index (χ4v) is 7.69. The maximum absolute atomic E-state index is 12.0. The second-order valence-corrected chi connectivity index (χ2v) is 13.3. The molecule has 0 spiro atoms. The Hall–Kier alpha value is -6.57. The van der Waals surface area contributed by atoms with Crippen molar-refractivity contribution in [3.05, 3.63) is 120 Å². The monoisotopic (exact) mass is 798 g/mol. The van der Waals surface area contributed by atoms with Gasteiger partial charge in [0.1, 0.15) is 1.37 Å². The minimum atomic E-state index is -1.00. The predicted molar refractivity (Wildman–Crippen MR) is 235 cm³/mol. The summed E-state index contributed by atoms with van der Waals surface area (Å²) in [5.74, 6) is -2.17. The van der Waals surface area contributed by atoms with E-state index in [1.165, 1.54) is 82.2 Å². The topological polar surface area (TPSA) is 125 Å². The van der Waals surface area contributed by atoms with E-state index in [2.05, 4.69) is 128 Å². The third-order valence-electron chi connectivity index (χ3n) is 10.1. The van der Waals surface area contributed by atoms with E-state index in [-0.39, 0.29) is 33.1 Å². The van der Waals surface area contributed by atoms with Gasteiger partial charge in [-0.25, -0.2) is 9.57 Å². The number of amides is 2. The Kier molecular flexibility index (Phi) is 14.6. The maximum atomic E-state index is 12.0. The van der Waals surface area contributed by atoms with Crippen LogP contribution in [0.1, 0.15) is 59.8 Å². The molecule has 0 atom stereocenters. The van der Waals surface area contributed by atoms with Gasteiger partial charge < -0.3 is 9.94 Å². The number of carbonyl (C=O) groups is 4. The zero-order valence-electron chi connectivity index (χ0n) is 33.1. The molecule has 0 bridgehead atoms. The van der Waals surface area contributed by atoms with Gasteiger partial charge in [0, 0.05) is 38.1 Å². The molecular formula is C48H45FN2O6S. The van der Waals surface area contributed by atoms with E-state index in [9.17, 15) is 23.6 Å². The normalized spacial score (nSPS) is 12.2. The van der Waals surface area contributed by atoms with Crippen molar-refractivity contribution in [1.82, 2.24) is 5.06 Å². The van der Waals surface area contributed by atoms with Gasteiger partial charge in [-0.15, -0.1) is 17.9 Å². The van der Waals surface area contributed by atoms with Gasteiger partial charge in [0.25, 0.3) is 11.8 Å². The van der Waals surface area contributed by atoms with E-state index in [1.54, 1.807) is 0 Å². The van der Waals surface area contributed by atoms with E-state index in [1.807, 2.05) is 0 Å². The lowest BCUT2D eigenvalue weighted by Gasteiger charge is -2.14. The Morgan fingerprint density at radius 2 is 1.05 bits per heavy atom. The summed E-state index contributed by atoms with van der Waals surface area (Å²) in [7, 11) is -1.00. The number of benzene rings is 8. The molecule has 8 aromatic rings. The summed E-state index contributed by atoms with van der Waals surface area (Å²) in [4.78, 5) is 50.8. The van der Waals surface area contributed by atoms with Gasteiger partial charge >= 0.3 is 11.9 Å². The van der Waals surface area contributed by atoms with E-state index in [0.29, 0.717) is 24.3 Å². The molecule has 0 radical (unpaired) electrons. The quantitative estimate of drug-likeness (QED) is 0.0846. The number of aryl methyl sites for hydroxylation is 2. The zero-order chi connectivity index (χ0) is 42.5. The molecular weight excluding hydrogens is 752 g/mol. The SMILES string of the molecule is C.N=S.O=C(CCCc1ccc2ccc3cccc4ccc1c2c34)ON1C(=O)CCC1=O.O=C(O)CCCc1ccc2ccc3cccc4ccc1c2c34.[2H]C#C.[2H]CF. The van der Waals surface area contributed by atoms with Crippen molar-refractivity contribution < 1.29 is 36.3 Å². The average Bonchev–Trinajstić information content (AvgIpc) is 3.56. The average molecular weight is 799 g/mol. The van der Waals surface area contributed by atoms with E-state index < -0.39 is 30.9 Å². The van der Waals surface area contributed by atoms with Crippen molar-refractivity contribution in [1.29, 1.82) is 4.78 Å². The third kappa shape index (κ3) is 9.17. The fourth-order valence-electron chi connectivity index (χ4n) is 7.69. The number of hydrogen-bond donors (Lipinski definition) is 2. The highest BCUT2D eigenvalue weighted by molar-refractivity contribution is 7.45. The number of alkyl halides is 1. The molecule has 0 saturated carbocycles. The summed E-state index contributed by atoms with van der Waals surface area (Å²) in [5, 5.41) is 24.5. The number of nitrogens with zero attached hydrogens (tertiary/aromatic N) is 1. The molecule has 1 fully saturated rings. The molecule has 2 amide bonds. The predicted octanol–water partition coefficient (Wildman–Crippen LogP) is 11.3. The summed E-state index contributed by atoms with van der Waals surface area (Å²) in [6, 6.07) is 38.6. The van der Waals surface area contributed by atoms with Crippen molar-refractivity contribution in [3.63, 3.8) is 0 Å². The van der Waals surface area contributed by atoms with E-state index in [0.717, 1.165) is 6.42 Å². The minimum Gasteiger partial charge on any atom is -0.481 e. The van der Waals surface area contributed by atoms with Crippen LogP contribution in [0.15, 0.2) is 109 Å². The zero-order valence-corrected chi connectivity index (χ0v) is 31.9. The molecule has 58 heavy (non-hydrogen) atoms. The molecule has 1 saturated heterocycles. The molecule has 0 unspecified atom stereocenters. The molecule has 1 aliphatic rings. The van der Waals surface area contributed by atoms with Crippen LogP contribution in [0.2, 0.25) is 0 Å². The number of hydrogen-bond acceptors (Lipinski definition) is 7. The summed E-state index contributed by atoms with van der Waals surface area (Å²) in [6.45, 7) is 0. The van der Waals surface area contributed by atoms with Crippen molar-refractivity contribution in [2.45, 2.75) is 58.8 Å². The van der Waals surface area contributed by atoms with E-state index >= 15 is 0 Å². The van der Waals surface area contributed by atoms with Gasteiger partial charge in [-0.1, -0.05) is 117 Å². The number of terminal acetylenes is 1. The standard InChI is InChI=1S/C24H19NO4.C20H16O2.C2H2.CH3F.CH4.HNS/c26-20-13-14-21(27)25(20)29-22(28)6-2-3-15-7-8-18-10-9-16-4-1-5-17-11-12-19(15)24(18)23(16)17;21-18(22)6-2-3-13-7-8-16-10-9-14-4-1-5-15-11-12-17(13)20(16)19(14)15;2*1-2;;1-2/h1,4-5,7-12H,2-3,6,13-14H2;1,4-5,7-12H,2-3,6H2,(H,21,22);1-2H;1H3;1H4;1H/i;;2*1D;;. The highest BCUT2D eigenvalue weighted by Crippen LogP contribution is 2.37. The number of carbonyl (C=O) groups excluding carboxylic acids is 3. The Labute approximate surface area is 345 Å². The molecule has 8 nitrogen and oxygen atoms in total. The number of hydroxylamine groups is 2. The largest absolute Gasteiger partial charge is 0.481 e. The lowest BCUT2D eigenvalue weighted by Crippen LogP contribution is -2.31. The maximum Gasteiger partial charge on any atom is 0.333 e. The van der Waals surface area contributed by atoms with E-state index in [4.69, 9.17) is 17.5 Å². The summed E-state index contributed by atoms with van der Waals surface area (Å²) in [5.41, 5.74) is 2.42. The van der Waals surface area contributed by atoms with Gasteiger partial charge in [-0.05, 0) is 101 Å². The van der Waals surface area contributed by atoms with Crippen LogP contribution in [-0.4, -0.2) is 41.1 Å². The van der Waals surface area contributed by atoms with Crippen molar-refractivity contribution in [3.8, 4) is 12.8 Å². The highest BCUT2D eigenvalue weighted by Gasteiger charge is 2.32. The van der Waals surface area contributed by atoms with Crippen LogP contribution in [0.25, 0.3) is 64.6 Å². The number of carboxylic acids is 1. The lowest BCUT2D eigenvalue weighted by molar-refractivity contribution is -0.197. The molecule has 8 aromatic carbocycles. The Morgan fingerprint density at radius 3 is 1.45 bits per heavy atom. The first kappa shape index (κ1) is 41.1. The first-order valence-electron chi connectivity index (χ1n) is 19.4. The third-order valence-corrected chi connectivity index (χ3v) is 10.1. The van der Waals surface area contributed by atoms with Gasteiger partial charge in [0.15, 0.2) is 0 Å². The molecule has 9 rings (SSSR count). The number of aliphatic carboxylic acids is 1. The molecule has 1 aliphatic heterocycles. The molecule has 2 N–H and O–H groups in total. The van der Waals surface area contributed by atoms with Gasteiger partial charge in [0.2, 0.25) is 0 Å². The molecule has 0 aromatic heterocycles. The van der Waals surface area contributed by atoms with Gasteiger partial charge in [0.05, 0.1) is 8.52 Å². The molecule has 0 aliphatic carbocycles. The molecule has 10 heteroatoms. The summed E-state index contributed by atoms with van der Waals surface area (Å²) >= 11 is 3.33. The van der Waals surface area contributed by atoms with Crippen LogP contribution in [0.4, 0.5) is 4.39 Å². The Morgan fingerprint density at radius 1 is 0.707 bits per heavy atom. The number of nitrogens with one attached hydrogen (secondary N) is 1. The van der Waals surface area contributed by atoms with Crippen molar-refractivity contribution in [2.75, 3.05) is 7.15 Å². The number of carboxylic acid groups (broad SMARTS) is 1. The minimum absolute atomic E-state index is 0. The Bertz CT molecular complexity index is 2740. The van der Waals surface area contributed by atoms with Crippen LogP contribution in [0.3, 0.4) is 0 Å². The summed E-state index contributed by atoms with van der Waals surface area (Å²) < 4.78 is 26.6. The fraction of sp³-hybridized carbons (Fsp3) is 0.208. The van der Waals surface area contributed by atoms with Gasteiger partial charge in [-0.2, -0.15) is 0 Å². The Balaban J connectivity index is 0.000000228. The number of rotatable bonds is 9.